The zero-order valence-electron chi connectivity index (χ0n) is 31.8. The molecule has 6 aromatic carbocycles. The van der Waals surface area contributed by atoms with Gasteiger partial charge in [0.2, 0.25) is 0 Å². The van der Waals surface area contributed by atoms with E-state index >= 15 is 0 Å². The SMILES string of the molecule is CCCCC1[C-]=CC(C(C)(C)C)=C1.[Cl-].[Cl-].[Zr+2]=[C](c1ccccc1)c1ccccc1.[c-]1c(-c2ccccc2)ccc2c1Cc1cc(-c3ccccc3)ccc1-2. The number of rotatable bonds is 7. The summed E-state index contributed by atoms with van der Waals surface area (Å²) in [4.78, 5) is 0. The summed E-state index contributed by atoms with van der Waals surface area (Å²) in [5.74, 6) is 0.592. The molecule has 0 heterocycles. The monoisotopic (exact) mass is 820 g/mol. The van der Waals surface area contributed by atoms with Crippen molar-refractivity contribution >= 4 is 3.21 Å². The van der Waals surface area contributed by atoms with Gasteiger partial charge in [0.1, 0.15) is 0 Å². The number of fused-ring (bicyclic) bond motifs is 3. The Morgan fingerprint density at radius 2 is 1.19 bits per heavy atom. The number of unbranched alkanes of at least 4 members (excludes halogenated alkanes) is 1. The van der Waals surface area contributed by atoms with Gasteiger partial charge in [-0.3, -0.25) is 6.08 Å². The summed E-state index contributed by atoms with van der Waals surface area (Å²) in [5.41, 5.74) is 14.8. The number of hydrogen-bond acceptors (Lipinski definition) is 0. The third-order valence-corrected chi connectivity index (χ3v) is 11.1. The van der Waals surface area contributed by atoms with Crippen LogP contribution in [0.1, 0.15) is 69.2 Å². The predicted octanol–water partition coefficient (Wildman–Crippen LogP) is 7.34. The van der Waals surface area contributed by atoms with Crippen LogP contribution in [0, 0.1) is 23.5 Å². The molecular formula is C51H48Cl2Zr-2. The van der Waals surface area contributed by atoms with Crippen LogP contribution < -0.4 is 24.8 Å². The van der Waals surface area contributed by atoms with Crippen molar-refractivity contribution in [3.05, 3.63) is 204 Å². The van der Waals surface area contributed by atoms with Gasteiger partial charge in [-0.1, -0.05) is 154 Å². The molecule has 0 nitrogen and oxygen atoms in total. The van der Waals surface area contributed by atoms with Crippen molar-refractivity contribution in [2.45, 2.75) is 53.4 Å². The molecule has 2 aliphatic carbocycles. The van der Waals surface area contributed by atoms with E-state index in [0.29, 0.717) is 11.3 Å². The molecule has 54 heavy (non-hydrogen) atoms. The normalized spacial score (nSPS) is 13.4. The van der Waals surface area contributed by atoms with Crippen molar-refractivity contribution < 1.29 is 49.0 Å². The second-order valence-corrected chi connectivity index (χ2v) is 15.8. The molecule has 0 spiro atoms. The number of benzene rings is 6. The van der Waals surface area contributed by atoms with Crippen LogP contribution in [0.15, 0.2) is 169 Å². The third-order valence-electron chi connectivity index (χ3n) is 9.68. The fourth-order valence-electron chi connectivity index (χ4n) is 6.66. The minimum Gasteiger partial charge on any atom is -0.143 e. The van der Waals surface area contributed by atoms with E-state index < -0.39 is 0 Å². The molecule has 3 heteroatoms. The van der Waals surface area contributed by atoms with Gasteiger partial charge in [0.05, 0.1) is 0 Å². The van der Waals surface area contributed by atoms with Crippen molar-refractivity contribution in [2.75, 3.05) is 0 Å². The minimum atomic E-state index is 0. The predicted molar refractivity (Wildman–Crippen MR) is 219 cm³/mol. The number of hydrogen-bond donors (Lipinski definition) is 0. The summed E-state index contributed by atoms with van der Waals surface area (Å²) in [6, 6.07) is 57.1. The first-order valence-corrected chi connectivity index (χ1v) is 19.8. The van der Waals surface area contributed by atoms with E-state index in [1.165, 1.54) is 108 Å². The average molecular weight is 823 g/mol. The summed E-state index contributed by atoms with van der Waals surface area (Å²) in [6.45, 7) is 9.03. The van der Waals surface area contributed by atoms with E-state index in [1.807, 2.05) is 0 Å². The average Bonchev–Trinajstić information content (AvgIpc) is 3.83. The molecule has 0 N–H and O–H groups in total. The zero-order valence-corrected chi connectivity index (χ0v) is 35.7. The molecule has 0 radical (unpaired) electrons. The summed E-state index contributed by atoms with van der Waals surface area (Å²) in [6.07, 6.45) is 12.8. The second-order valence-electron chi connectivity index (χ2n) is 14.6. The molecule has 0 fully saturated rings. The van der Waals surface area contributed by atoms with Crippen LogP contribution in [0.25, 0.3) is 33.4 Å². The van der Waals surface area contributed by atoms with Crippen LogP contribution in [0.5, 0.6) is 0 Å². The van der Waals surface area contributed by atoms with Crippen LogP contribution in [-0.4, -0.2) is 3.21 Å². The van der Waals surface area contributed by atoms with Crippen LogP contribution in [0.4, 0.5) is 0 Å². The second kappa shape index (κ2) is 20.7. The topological polar surface area (TPSA) is 0 Å². The Morgan fingerprint density at radius 1 is 0.648 bits per heavy atom. The number of allylic oxidation sites excluding steroid dienone is 4. The van der Waals surface area contributed by atoms with Gasteiger partial charge < -0.3 is 24.8 Å². The molecule has 2 aliphatic rings. The van der Waals surface area contributed by atoms with Gasteiger partial charge in [0.15, 0.2) is 0 Å². The Labute approximate surface area is 351 Å². The summed E-state index contributed by atoms with van der Waals surface area (Å²) in [7, 11) is 0. The molecule has 0 amide bonds. The van der Waals surface area contributed by atoms with Gasteiger partial charge >= 0.3 is 99.2 Å². The van der Waals surface area contributed by atoms with Gasteiger partial charge in [-0.15, -0.1) is 29.3 Å². The van der Waals surface area contributed by atoms with Crippen molar-refractivity contribution in [1.82, 2.24) is 0 Å². The van der Waals surface area contributed by atoms with Gasteiger partial charge in [-0.25, -0.2) is 6.08 Å². The first kappa shape index (κ1) is 42.9. The number of halogens is 2. The molecule has 0 bridgehead atoms. The molecule has 1 unspecified atom stereocenters. The quantitative estimate of drug-likeness (QED) is 0.148. The first-order valence-electron chi connectivity index (χ1n) is 18.6. The van der Waals surface area contributed by atoms with Crippen LogP contribution in [0.2, 0.25) is 0 Å². The Bertz CT molecular complexity index is 2000. The van der Waals surface area contributed by atoms with E-state index in [1.54, 1.807) is 0 Å². The van der Waals surface area contributed by atoms with E-state index in [9.17, 15) is 0 Å². The first-order chi connectivity index (χ1) is 25.3. The Hall–Kier alpha value is -3.87. The van der Waals surface area contributed by atoms with Crippen molar-refractivity contribution in [1.29, 1.82) is 0 Å². The van der Waals surface area contributed by atoms with E-state index in [4.69, 9.17) is 0 Å². The Kier molecular flexibility index (Phi) is 16.4. The fraction of sp³-hybridized carbons (Fsp3) is 0.196. The smallest absolute Gasteiger partial charge is 0.0181 e. The molecule has 1 atom stereocenters. The zero-order chi connectivity index (χ0) is 36.3. The van der Waals surface area contributed by atoms with E-state index in [-0.39, 0.29) is 24.8 Å². The standard InChI is InChI=1S/C25H17.C13H10.C13H21.2ClH.Zr/c1-3-7-18(8-4-1)20-11-13-24-22(15-20)17-23-16-21(12-14-25(23)24)19-9-5-2-6-10-19;1-3-7-12(8-4-1)11-13-9-5-2-6-10-13;1-5-6-7-11-8-9-12(10-11)13(2,3)4;;;/h1-15H,17H2;1-10H;9-11H,5-7H2,1-4H3;2*1H;/q-1;;-1;;;+2/p-2. The maximum atomic E-state index is 3.65. The van der Waals surface area contributed by atoms with Crippen LogP contribution >= 0.6 is 0 Å². The minimum absolute atomic E-state index is 0. The van der Waals surface area contributed by atoms with Crippen molar-refractivity contribution in [3.63, 3.8) is 0 Å². The van der Waals surface area contributed by atoms with Crippen molar-refractivity contribution in [2.24, 2.45) is 11.3 Å². The van der Waals surface area contributed by atoms with Crippen LogP contribution in [-0.2, 0) is 30.7 Å². The Balaban J connectivity index is 0.000000193. The van der Waals surface area contributed by atoms with Crippen molar-refractivity contribution in [3.8, 4) is 33.4 Å². The molecule has 272 valence electrons. The van der Waals surface area contributed by atoms with Gasteiger partial charge in [-0.05, 0) is 23.1 Å². The third kappa shape index (κ3) is 11.3. The molecule has 8 rings (SSSR count). The van der Waals surface area contributed by atoms with Gasteiger partial charge in [-0.2, -0.15) is 11.6 Å². The van der Waals surface area contributed by atoms with Gasteiger partial charge in [0.25, 0.3) is 0 Å². The summed E-state index contributed by atoms with van der Waals surface area (Å²) >= 11 is 1.46. The maximum absolute atomic E-state index is 3.65. The molecule has 0 saturated heterocycles. The molecule has 6 aromatic rings. The Morgan fingerprint density at radius 3 is 1.72 bits per heavy atom. The maximum Gasteiger partial charge on any atom is -0.0181 e. The van der Waals surface area contributed by atoms with Crippen LogP contribution in [0.3, 0.4) is 0 Å². The summed E-state index contributed by atoms with van der Waals surface area (Å²) < 4.78 is 1.42. The largest absolute Gasteiger partial charge is 0.143 e. The molecule has 0 aliphatic heterocycles. The molecule has 0 aromatic heterocycles. The van der Waals surface area contributed by atoms with E-state index in [2.05, 4.69) is 204 Å². The van der Waals surface area contributed by atoms with E-state index in [0.717, 1.165) is 6.42 Å². The summed E-state index contributed by atoms with van der Waals surface area (Å²) in [5, 5.41) is 0. The fourth-order valence-corrected chi connectivity index (χ4v) is 7.48. The molecule has 0 saturated carbocycles. The molecular weight excluding hydrogens is 775 g/mol. The van der Waals surface area contributed by atoms with Gasteiger partial charge in [0, 0.05) is 0 Å².